The van der Waals surface area contributed by atoms with E-state index >= 15 is 0 Å². The lowest BCUT2D eigenvalue weighted by Gasteiger charge is -2.18. The van der Waals surface area contributed by atoms with Crippen molar-refractivity contribution in [2.45, 2.75) is 53.3 Å². The van der Waals surface area contributed by atoms with Crippen LogP contribution in [-0.4, -0.2) is 63.5 Å². The first-order valence-electron chi connectivity index (χ1n) is 9.01. The maximum absolute atomic E-state index is 13.8. The Bertz CT molecular complexity index is 378. The van der Waals surface area contributed by atoms with Crippen LogP contribution in [0.1, 0.15) is 41.0 Å². The highest BCUT2D eigenvalue weighted by molar-refractivity contribution is 5.81. The van der Waals surface area contributed by atoms with Crippen LogP contribution in [0.5, 0.6) is 0 Å². The topological polar surface area (TPSA) is 73.9 Å². The number of Topliss-reactive ketones (excluding diaryl/α,β-unsaturated/α-hetero) is 1. The molecule has 0 bridgehead atoms. The number of ether oxygens (including phenoxy) is 3. The number of rotatable bonds is 15. The Morgan fingerprint density at radius 3 is 2.20 bits per heavy atom. The van der Waals surface area contributed by atoms with Gasteiger partial charge in [0, 0.05) is 11.8 Å². The summed E-state index contributed by atoms with van der Waals surface area (Å²) in [5.41, 5.74) is 0. The molecular formula is C18H34FNO5. The SMILES string of the molecule is CCC(C)C(=O)COCCOCCOC(C)C(F)CNC(=O)C(C)C. The Balaban J connectivity index is 3.58. The zero-order valence-corrected chi connectivity index (χ0v) is 16.2. The number of alkyl halides is 1. The van der Waals surface area contributed by atoms with Crippen LogP contribution in [0.3, 0.4) is 0 Å². The van der Waals surface area contributed by atoms with Gasteiger partial charge in [-0.15, -0.1) is 0 Å². The molecule has 0 aromatic carbocycles. The third-order valence-corrected chi connectivity index (χ3v) is 3.89. The zero-order chi connectivity index (χ0) is 19.2. The number of amides is 1. The average molecular weight is 363 g/mol. The third kappa shape index (κ3) is 12.0. The van der Waals surface area contributed by atoms with Crippen LogP contribution in [0.2, 0.25) is 0 Å². The lowest BCUT2D eigenvalue weighted by atomic mass is 10.1. The lowest BCUT2D eigenvalue weighted by Crippen LogP contribution is -2.38. The van der Waals surface area contributed by atoms with Crippen molar-refractivity contribution < 1.29 is 28.2 Å². The summed E-state index contributed by atoms with van der Waals surface area (Å²) < 4.78 is 29.7. The fourth-order valence-corrected chi connectivity index (χ4v) is 1.73. The van der Waals surface area contributed by atoms with Gasteiger partial charge in [0.2, 0.25) is 5.91 Å². The minimum Gasteiger partial charge on any atom is -0.377 e. The number of ketones is 1. The zero-order valence-electron chi connectivity index (χ0n) is 16.2. The number of carbonyl (C=O) groups excluding carboxylic acids is 2. The van der Waals surface area contributed by atoms with Gasteiger partial charge in [-0.3, -0.25) is 9.59 Å². The summed E-state index contributed by atoms with van der Waals surface area (Å²) in [6, 6.07) is 0. The van der Waals surface area contributed by atoms with E-state index in [1.54, 1.807) is 20.8 Å². The summed E-state index contributed by atoms with van der Waals surface area (Å²) >= 11 is 0. The molecule has 1 N–H and O–H groups in total. The second-order valence-electron chi connectivity index (χ2n) is 6.43. The molecule has 3 unspecified atom stereocenters. The highest BCUT2D eigenvalue weighted by Crippen LogP contribution is 2.04. The molecule has 3 atom stereocenters. The van der Waals surface area contributed by atoms with Crippen molar-refractivity contribution in [3.63, 3.8) is 0 Å². The fraction of sp³-hybridized carbons (Fsp3) is 0.889. The van der Waals surface area contributed by atoms with Gasteiger partial charge in [0.05, 0.1) is 39.1 Å². The molecule has 0 spiro atoms. The Morgan fingerprint density at radius 2 is 1.60 bits per heavy atom. The quantitative estimate of drug-likeness (QED) is 0.451. The monoisotopic (exact) mass is 363 g/mol. The molecule has 25 heavy (non-hydrogen) atoms. The van der Waals surface area contributed by atoms with Crippen LogP contribution < -0.4 is 5.32 Å². The minimum atomic E-state index is -1.27. The molecule has 6 nitrogen and oxygen atoms in total. The first-order chi connectivity index (χ1) is 11.8. The van der Waals surface area contributed by atoms with Gasteiger partial charge in [0.15, 0.2) is 5.78 Å². The second-order valence-corrected chi connectivity index (χ2v) is 6.43. The van der Waals surface area contributed by atoms with E-state index in [2.05, 4.69) is 5.32 Å². The van der Waals surface area contributed by atoms with E-state index in [0.717, 1.165) is 6.42 Å². The molecule has 1 amide bonds. The molecule has 0 aromatic rings. The molecule has 0 aliphatic heterocycles. The van der Waals surface area contributed by atoms with Crippen LogP contribution >= 0.6 is 0 Å². The number of nitrogens with one attached hydrogen (secondary N) is 1. The number of hydrogen-bond donors (Lipinski definition) is 1. The van der Waals surface area contributed by atoms with Gasteiger partial charge in [-0.05, 0) is 13.3 Å². The Kier molecular flexibility index (Phi) is 13.6. The summed E-state index contributed by atoms with van der Waals surface area (Å²) in [7, 11) is 0. The Morgan fingerprint density at radius 1 is 1.00 bits per heavy atom. The molecule has 0 radical (unpaired) electrons. The van der Waals surface area contributed by atoms with E-state index < -0.39 is 12.3 Å². The summed E-state index contributed by atoms with van der Waals surface area (Å²) in [6.45, 7) is 10.3. The molecule has 0 saturated carbocycles. The van der Waals surface area contributed by atoms with E-state index in [4.69, 9.17) is 14.2 Å². The highest BCUT2D eigenvalue weighted by atomic mass is 19.1. The molecule has 0 heterocycles. The molecule has 0 fully saturated rings. The van der Waals surface area contributed by atoms with Gasteiger partial charge >= 0.3 is 0 Å². The maximum Gasteiger partial charge on any atom is 0.222 e. The van der Waals surface area contributed by atoms with Crippen LogP contribution in [0.4, 0.5) is 4.39 Å². The van der Waals surface area contributed by atoms with Gasteiger partial charge in [0.25, 0.3) is 0 Å². The van der Waals surface area contributed by atoms with Crippen molar-refractivity contribution >= 4 is 11.7 Å². The summed E-state index contributed by atoms with van der Waals surface area (Å²) in [4.78, 5) is 22.9. The molecule has 148 valence electrons. The molecule has 0 saturated heterocycles. The smallest absolute Gasteiger partial charge is 0.222 e. The highest BCUT2D eigenvalue weighted by Gasteiger charge is 2.18. The summed E-state index contributed by atoms with van der Waals surface area (Å²) in [5.74, 6) is -0.225. The van der Waals surface area contributed by atoms with E-state index in [-0.39, 0.29) is 43.3 Å². The minimum absolute atomic E-state index is 0.0229. The van der Waals surface area contributed by atoms with E-state index in [0.29, 0.717) is 19.8 Å². The molecular weight excluding hydrogens is 329 g/mol. The van der Waals surface area contributed by atoms with Gasteiger partial charge in [-0.25, -0.2) is 4.39 Å². The number of hydrogen-bond acceptors (Lipinski definition) is 5. The Labute approximate surface area is 150 Å². The molecule has 7 heteroatoms. The number of halogens is 1. The van der Waals surface area contributed by atoms with Gasteiger partial charge in [-0.2, -0.15) is 0 Å². The standard InChI is InChI=1S/C18H34FNO5/c1-6-14(4)17(21)12-24-8-7-23-9-10-25-15(5)16(19)11-20-18(22)13(2)3/h13-16H,6-12H2,1-5H3,(H,20,22). The van der Waals surface area contributed by atoms with Crippen LogP contribution in [0, 0.1) is 11.8 Å². The summed E-state index contributed by atoms with van der Waals surface area (Å²) in [6.07, 6.45) is -1.08. The van der Waals surface area contributed by atoms with Gasteiger partial charge in [0.1, 0.15) is 12.8 Å². The Hall–Kier alpha value is -1.05. The van der Waals surface area contributed by atoms with Crippen molar-refractivity contribution in [3.8, 4) is 0 Å². The van der Waals surface area contributed by atoms with Crippen LogP contribution in [-0.2, 0) is 23.8 Å². The third-order valence-electron chi connectivity index (χ3n) is 3.89. The predicted molar refractivity (Wildman–Crippen MR) is 94.3 cm³/mol. The summed E-state index contributed by atoms with van der Waals surface area (Å²) in [5, 5.41) is 2.54. The largest absolute Gasteiger partial charge is 0.377 e. The van der Waals surface area contributed by atoms with Crippen molar-refractivity contribution in [1.82, 2.24) is 5.32 Å². The van der Waals surface area contributed by atoms with E-state index in [9.17, 15) is 14.0 Å². The van der Waals surface area contributed by atoms with E-state index in [1.807, 2.05) is 13.8 Å². The van der Waals surface area contributed by atoms with Gasteiger partial charge in [-0.1, -0.05) is 27.7 Å². The normalized spacial score (nSPS) is 15.0. The first-order valence-corrected chi connectivity index (χ1v) is 9.01. The van der Waals surface area contributed by atoms with Crippen molar-refractivity contribution in [2.24, 2.45) is 11.8 Å². The van der Waals surface area contributed by atoms with Crippen molar-refractivity contribution in [2.75, 3.05) is 39.6 Å². The predicted octanol–water partition coefficient (Wildman–Crippen LogP) is 2.15. The van der Waals surface area contributed by atoms with Gasteiger partial charge < -0.3 is 19.5 Å². The molecule has 0 aliphatic rings. The van der Waals surface area contributed by atoms with E-state index in [1.165, 1.54) is 0 Å². The second kappa shape index (κ2) is 14.2. The number of carbonyl (C=O) groups is 2. The first kappa shape index (κ1) is 23.9. The fourth-order valence-electron chi connectivity index (χ4n) is 1.73. The van der Waals surface area contributed by atoms with Crippen molar-refractivity contribution in [1.29, 1.82) is 0 Å². The molecule has 0 aromatic heterocycles. The average Bonchev–Trinajstić information content (AvgIpc) is 2.59. The van der Waals surface area contributed by atoms with Crippen molar-refractivity contribution in [3.05, 3.63) is 0 Å². The molecule has 0 rings (SSSR count). The maximum atomic E-state index is 13.8. The lowest BCUT2D eigenvalue weighted by molar-refractivity contribution is -0.128. The van der Waals surface area contributed by atoms with Crippen LogP contribution in [0.25, 0.3) is 0 Å². The van der Waals surface area contributed by atoms with Crippen LogP contribution in [0.15, 0.2) is 0 Å². The molecule has 0 aliphatic carbocycles.